The molecule has 1 heterocycles. The molecule has 0 fully saturated rings. The van der Waals surface area contributed by atoms with Crippen molar-refractivity contribution in [2.75, 3.05) is 0 Å². The van der Waals surface area contributed by atoms with Crippen molar-refractivity contribution in [3.63, 3.8) is 0 Å². The number of hydrogen-bond donors (Lipinski definition) is 1. The average Bonchev–Trinajstić information content (AvgIpc) is 2.92. The molecule has 9 heteroatoms. The quantitative estimate of drug-likeness (QED) is 0.203. The van der Waals surface area contributed by atoms with Crippen LogP contribution in [0.15, 0.2) is 108 Å². The van der Waals surface area contributed by atoms with Gasteiger partial charge < -0.3 is 4.74 Å². The van der Waals surface area contributed by atoms with E-state index >= 15 is 0 Å². The lowest BCUT2D eigenvalue weighted by atomic mass is 9.92. The van der Waals surface area contributed by atoms with Gasteiger partial charge in [0.1, 0.15) is 11.5 Å². The Bertz CT molecular complexity index is 1790. The zero-order chi connectivity index (χ0) is 29.2. The van der Waals surface area contributed by atoms with Gasteiger partial charge >= 0.3 is 6.18 Å². The first-order valence-electron chi connectivity index (χ1n) is 12.9. The number of alkyl halides is 3. The summed E-state index contributed by atoms with van der Waals surface area (Å²) in [5.41, 5.74) is 2.16. The summed E-state index contributed by atoms with van der Waals surface area (Å²) in [4.78, 5) is 4.37. The minimum Gasteiger partial charge on any atom is -0.457 e. The van der Waals surface area contributed by atoms with Crippen LogP contribution in [0.3, 0.4) is 0 Å². The molecule has 0 amide bonds. The van der Waals surface area contributed by atoms with E-state index in [0.717, 1.165) is 17.2 Å². The van der Waals surface area contributed by atoms with E-state index in [4.69, 9.17) is 4.74 Å². The highest BCUT2D eigenvalue weighted by molar-refractivity contribution is 7.89. The number of sulfonamides is 1. The first-order valence-corrected chi connectivity index (χ1v) is 14.4. The Hall–Kier alpha value is -4.21. The predicted molar refractivity (Wildman–Crippen MR) is 153 cm³/mol. The van der Waals surface area contributed by atoms with Crippen molar-refractivity contribution >= 4 is 20.9 Å². The first kappa shape index (κ1) is 28.3. The Kier molecular flexibility index (Phi) is 7.84. The Balaban J connectivity index is 1.56. The van der Waals surface area contributed by atoms with E-state index in [9.17, 15) is 21.6 Å². The van der Waals surface area contributed by atoms with Gasteiger partial charge in [-0.2, -0.15) is 13.2 Å². The third-order valence-electron chi connectivity index (χ3n) is 6.40. The predicted octanol–water partition coefficient (Wildman–Crippen LogP) is 7.99. The number of rotatable bonds is 8. The van der Waals surface area contributed by atoms with Gasteiger partial charge in [0.15, 0.2) is 0 Å². The van der Waals surface area contributed by atoms with Gasteiger partial charge in [0.05, 0.1) is 16.0 Å². The molecule has 0 aliphatic heterocycles. The molecule has 0 bridgehead atoms. The third kappa shape index (κ3) is 6.42. The molecule has 5 aromatic rings. The van der Waals surface area contributed by atoms with E-state index < -0.39 is 21.8 Å². The Morgan fingerprint density at radius 1 is 0.854 bits per heavy atom. The van der Waals surface area contributed by atoms with Gasteiger partial charge in [0.2, 0.25) is 10.0 Å². The monoisotopic (exact) mass is 576 g/mol. The average molecular weight is 577 g/mol. The van der Waals surface area contributed by atoms with Crippen molar-refractivity contribution in [1.82, 2.24) is 9.71 Å². The van der Waals surface area contributed by atoms with Gasteiger partial charge in [-0.3, -0.25) is 4.98 Å². The smallest absolute Gasteiger partial charge is 0.418 e. The van der Waals surface area contributed by atoms with Crippen LogP contribution in [0.2, 0.25) is 0 Å². The molecular formula is C32H27F3N2O3S. The fourth-order valence-electron chi connectivity index (χ4n) is 4.70. The maximum Gasteiger partial charge on any atom is 0.418 e. The maximum absolute atomic E-state index is 13.9. The number of ether oxygens (including phenoxy) is 1. The van der Waals surface area contributed by atoms with Crippen molar-refractivity contribution in [2.24, 2.45) is 0 Å². The van der Waals surface area contributed by atoms with Crippen LogP contribution in [-0.2, 0) is 22.6 Å². The van der Waals surface area contributed by atoms with Crippen LogP contribution in [-0.4, -0.2) is 19.4 Å². The molecule has 0 saturated carbocycles. The Morgan fingerprint density at radius 3 is 2.24 bits per heavy atom. The maximum atomic E-state index is 13.9. The number of aromatic nitrogens is 1. The normalized spacial score (nSPS) is 12.1. The molecule has 4 aromatic carbocycles. The van der Waals surface area contributed by atoms with Gasteiger partial charge in [-0.15, -0.1) is 0 Å². The number of nitrogens with zero attached hydrogens (tertiary/aromatic N) is 1. The van der Waals surface area contributed by atoms with Crippen LogP contribution in [0.4, 0.5) is 13.2 Å². The number of halogens is 3. The molecule has 0 unspecified atom stereocenters. The second-order valence-corrected chi connectivity index (χ2v) is 11.6. The molecule has 0 aliphatic carbocycles. The van der Waals surface area contributed by atoms with E-state index in [0.29, 0.717) is 34.4 Å². The van der Waals surface area contributed by atoms with Crippen molar-refractivity contribution in [2.45, 2.75) is 37.4 Å². The number of benzene rings is 4. The summed E-state index contributed by atoms with van der Waals surface area (Å²) in [6, 6.07) is 26.6. The lowest BCUT2D eigenvalue weighted by molar-refractivity contribution is -0.136. The molecule has 0 atom stereocenters. The van der Waals surface area contributed by atoms with Crippen molar-refractivity contribution < 1.29 is 26.3 Å². The van der Waals surface area contributed by atoms with Crippen LogP contribution >= 0.6 is 0 Å². The van der Waals surface area contributed by atoms with Crippen LogP contribution in [0.1, 0.15) is 30.5 Å². The summed E-state index contributed by atoms with van der Waals surface area (Å²) in [5, 5.41) is 0.387. The fraction of sp³-hybridized carbons (Fsp3) is 0.156. The molecule has 1 N–H and O–H groups in total. The van der Waals surface area contributed by atoms with Gasteiger partial charge in [0, 0.05) is 17.6 Å². The lowest BCUT2D eigenvalue weighted by Gasteiger charge is -2.17. The van der Waals surface area contributed by atoms with E-state index in [2.05, 4.69) is 9.71 Å². The molecule has 41 heavy (non-hydrogen) atoms. The number of hydrogen-bond acceptors (Lipinski definition) is 4. The molecular weight excluding hydrogens is 549 g/mol. The summed E-state index contributed by atoms with van der Waals surface area (Å²) in [6.07, 6.45) is -2.57. The lowest BCUT2D eigenvalue weighted by Crippen LogP contribution is -2.30. The number of fused-ring (bicyclic) bond motifs is 1. The van der Waals surface area contributed by atoms with E-state index in [1.807, 2.05) is 36.4 Å². The summed E-state index contributed by atoms with van der Waals surface area (Å²) < 4.78 is 75.1. The number of pyridine rings is 1. The largest absolute Gasteiger partial charge is 0.457 e. The highest BCUT2D eigenvalue weighted by Crippen LogP contribution is 2.40. The van der Waals surface area contributed by atoms with E-state index in [-0.39, 0.29) is 16.5 Å². The Morgan fingerprint density at radius 2 is 1.56 bits per heavy atom. The van der Waals surface area contributed by atoms with Gasteiger partial charge in [-0.25, -0.2) is 13.1 Å². The molecule has 5 rings (SSSR count). The molecule has 5 nitrogen and oxygen atoms in total. The zero-order valence-electron chi connectivity index (χ0n) is 22.3. The second kappa shape index (κ2) is 11.3. The van der Waals surface area contributed by atoms with Crippen molar-refractivity contribution in [3.05, 3.63) is 120 Å². The van der Waals surface area contributed by atoms with Crippen LogP contribution in [0, 0.1) is 0 Å². The molecule has 0 saturated heterocycles. The standard InChI is InChI=1S/C32H27F3N2O3S/c1-21(2)37-41(38,39)27-16-14-25(15-17-27)40-26-11-6-10-23(19-26)30-24(18-22-8-4-3-5-9-22)20-36-31-28(30)12-7-13-29(31)32(33,34)35/h3-17,19-21,37H,18H2,1-2H3. The van der Waals surface area contributed by atoms with Gasteiger partial charge in [-0.1, -0.05) is 54.6 Å². The number of nitrogens with one attached hydrogen (secondary N) is 1. The molecule has 1 aromatic heterocycles. The van der Waals surface area contributed by atoms with Crippen LogP contribution < -0.4 is 9.46 Å². The summed E-state index contributed by atoms with van der Waals surface area (Å²) in [6.45, 7) is 3.48. The third-order valence-corrected chi connectivity index (χ3v) is 8.08. The van der Waals surface area contributed by atoms with Gasteiger partial charge in [0.25, 0.3) is 0 Å². The molecule has 0 spiro atoms. The van der Waals surface area contributed by atoms with E-state index in [1.54, 1.807) is 50.2 Å². The molecule has 210 valence electrons. The number of para-hydroxylation sites is 1. The fourth-order valence-corrected chi connectivity index (χ4v) is 5.95. The highest BCUT2D eigenvalue weighted by Gasteiger charge is 2.33. The highest BCUT2D eigenvalue weighted by atomic mass is 32.2. The first-order chi connectivity index (χ1) is 19.5. The van der Waals surface area contributed by atoms with Gasteiger partial charge in [-0.05, 0) is 85.0 Å². The van der Waals surface area contributed by atoms with E-state index in [1.165, 1.54) is 24.4 Å². The summed E-state index contributed by atoms with van der Waals surface area (Å²) in [5.74, 6) is 0.857. The zero-order valence-corrected chi connectivity index (χ0v) is 23.1. The minimum absolute atomic E-state index is 0.113. The molecule has 0 radical (unpaired) electrons. The van der Waals surface area contributed by atoms with Crippen LogP contribution in [0.25, 0.3) is 22.0 Å². The van der Waals surface area contributed by atoms with Crippen LogP contribution in [0.5, 0.6) is 11.5 Å². The second-order valence-electron chi connectivity index (χ2n) is 9.90. The minimum atomic E-state index is -4.56. The van der Waals surface area contributed by atoms with Crippen molar-refractivity contribution in [3.8, 4) is 22.6 Å². The Labute approximate surface area is 236 Å². The molecule has 0 aliphatic rings. The topological polar surface area (TPSA) is 68.3 Å². The SMILES string of the molecule is CC(C)NS(=O)(=O)c1ccc(Oc2cccc(-c3c(Cc4ccccc4)cnc4c(C(F)(F)F)cccc34)c2)cc1. The summed E-state index contributed by atoms with van der Waals surface area (Å²) in [7, 11) is -3.65. The van der Waals surface area contributed by atoms with Crippen molar-refractivity contribution in [1.29, 1.82) is 0 Å². The summed E-state index contributed by atoms with van der Waals surface area (Å²) >= 11 is 0.